The maximum atomic E-state index is 12.8. The predicted octanol–water partition coefficient (Wildman–Crippen LogP) is 3.90. The van der Waals surface area contributed by atoms with E-state index in [2.05, 4.69) is 10.6 Å². The Kier molecular flexibility index (Phi) is 4.96. The minimum Gasteiger partial charge on any atom is -0.508 e. The molecule has 1 aliphatic carbocycles. The second kappa shape index (κ2) is 7.56. The molecule has 28 heavy (non-hydrogen) atoms. The molecule has 0 radical (unpaired) electrons. The van der Waals surface area contributed by atoms with E-state index in [4.69, 9.17) is 4.42 Å². The van der Waals surface area contributed by atoms with Crippen molar-refractivity contribution >= 4 is 16.9 Å². The highest BCUT2D eigenvalue weighted by atomic mass is 16.3. The fourth-order valence-corrected chi connectivity index (χ4v) is 3.96. The molecule has 1 amide bonds. The number of carbonyl (C=O) groups excluding carboxylic acids is 1. The molecular weight excluding hydrogens is 356 g/mol. The molecular formula is C22H24N2O4. The third-order valence-corrected chi connectivity index (χ3v) is 5.45. The first kappa shape index (κ1) is 18.4. The Morgan fingerprint density at radius 3 is 2.50 bits per heavy atom. The van der Waals surface area contributed by atoms with Crippen molar-refractivity contribution in [2.24, 2.45) is 0 Å². The van der Waals surface area contributed by atoms with Crippen LogP contribution in [0, 0.1) is 0 Å². The van der Waals surface area contributed by atoms with Crippen LogP contribution in [0.15, 0.2) is 40.8 Å². The standard InChI is InChI=1S/C22H24N2O4/c1-23-22(27)20-19-16(12-24-14-4-2-3-5-14)17(26)10-11-18(19)28-21(20)13-6-8-15(25)9-7-13/h6-11,14,24-26H,2-5,12H2,1H3,(H,23,27). The third kappa shape index (κ3) is 3.31. The van der Waals surface area contributed by atoms with Gasteiger partial charge in [0.15, 0.2) is 0 Å². The Hall–Kier alpha value is -2.99. The minimum atomic E-state index is -0.283. The summed E-state index contributed by atoms with van der Waals surface area (Å²) in [6, 6.07) is 10.2. The molecule has 1 aromatic heterocycles. The maximum absolute atomic E-state index is 12.8. The molecule has 0 spiro atoms. The van der Waals surface area contributed by atoms with Gasteiger partial charge < -0.3 is 25.3 Å². The number of carbonyl (C=O) groups is 1. The van der Waals surface area contributed by atoms with Crippen molar-refractivity contribution in [2.75, 3.05) is 7.05 Å². The van der Waals surface area contributed by atoms with Gasteiger partial charge in [-0.25, -0.2) is 0 Å². The summed E-state index contributed by atoms with van der Waals surface area (Å²) >= 11 is 0. The Balaban J connectivity index is 1.85. The second-order valence-corrected chi connectivity index (χ2v) is 7.23. The van der Waals surface area contributed by atoms with E-state index < -0.39 is 0 Å². The van der Waals surface area contributed by atoms with Gasteiger partial charge >= 0.3 is 0 Å². The predicted molar refractivity (Wildman–Crippen MR) is 107 cm³/mol. The average molecular weight is 380 g/mol. The number of phenols is 2. The molecule has 0 bridgehead atoms. The number of phenolic OH excluding ortho intramolecular Hbond substituents is 2. The highest BCUT2D eigenvalue weighted by Crippen LogP contribution is 2.39. The lowest BCUT2D eigenvalue weighted by atomic mass is 10.00. The zero-order valence-corrected chi connectivity index (χ0v) is 15.8. The number of rotatable bonds is 5. The summed E-state index contributed by atoms with van der Waals surface area (Å²) in [6.45, 7) is 0.465. The van der Waals surface area contributed by atoms with Gasteiger partial charge in [-0.05, 0) is 49.2 Å². The summed E-state index contributed by atoms with van der Waals surface area (Å²) < 4.78 is 6.03. The van der Waals surface area contributed by atoms with Crippen LogP contribution in [0.4, 0.5) is 0 Å². The summed E-state index contributed by atoms with van der Waals surface area (Å²) in [5, 5.41) is 26.9. The number of benzene rings is 2. The van der Waals surface area contributed by atoms with Gasteiger partial charge in [-0.15, -0.1) is 0 Å². The Bertz CT molecular complexity index is 1000. The lowest BCUT2D eigenvalue weighted by Crippen LogP contribution is -2.25. The number of hydrogen-bond acceptors (Lipinski definition) is 5. The molecule has 2 aromatic carbocycles. The van der Waals surface area contributed by atoms with Gasteiger partial charge in [-0.3, -0.25) is 4.79 Å². The normalized spacial score (nSPS) is 14.6. The van der Waals surface area contributed by atoms with Gasteiger partial charge in [0.2, 0.25) is 0 Å². The van der Waals surface area contributed by atoms with E-state index in [1.807, 2.05) is 0 Å². The zero-order chi connectivity index (χ0) is 19.7. The molecule has 0 saturated heterocycles. The van der Waals surface area contributed by atoms with Crippen molar-refractivity contribution < 1.29 is 19.4 Å². The molecule has 1 heterocycles. The second-order valence-electron chi connectivity index (χ2n) is 7.23. The molecule has 4 rings (SSSR count). The lowest BCUT2D eigenvalue weighted by Gasteiger charge is -2.14. The van der Waals surface area contributed by atoms with Gasteiger partial charge in [0.1, 0.15) is 22.8 Å². The van der Waals surface area contributed by atoms with E-state index in [-0.39, 0.29) is 17.4 Å². The summed E-state index contributed by atoms with van der Waals surface area (Å²) in [4.78, 5) is 12.8. The monoisotopic (exact) mass is 380 g/mol. The Morgan fingerprint density at radius 2 is 1.82 bits per heavy atom. The molecule has 0 unspecified atom stereocenters. The molecule has 1 aliphatic rings. The summed E-state index contributed by atoms with van der Waals surface area (Å²) in [5.74, 6) is 0.415. The molecule has 0 atom stereocenters. The van der Waals surface area contributed by atoms with Crippen molar-refractivity contribution in [3.8, 4) is 22.8 Å². The van der Waals surface area contributed by atoms with Gasteiger partial charge in [-0.1, -0.05) is 12.8 Å². The van der Waals surface area contributed by atoms with Crippen LogP contribution in [0.5, 0.6) is 11.5 Å². The largest absolute Gasteiger partial charge is 0.508 e. The number of amides is 1. The highest BCUT2D eigenvalue weighted by molar-refractivity contribution is 6.12. The number of fused-ring (bicyclic) bond motifs is 1. The van der Waals surface area contributed by atoms with Crippen LogP contribution in [-0.2, 0) is 6.54 Å². The summed E-state index contributed by atoms with van der Waals surface area (Å²) in [6.07, 6.45) is 4.69. The van der Waals surface area contributed by atoms with Crippen molar-refractivity contribution in [3.05, 3.63) is 47.5 Å². The zero-order valence-electron chi connectivity index (χ0n) is 15.8. The fraction of sp³-hybridized carbons (Fsp3) is 0.318. The van der Waals surface area contributed by atoms with E-state index in [0.29, 0.717) is 46.0 Å². The molecule has 146 valence electrons. The van der Waals surface area contributed by atoms with E-state index >= 15 is 0 Å². The van der Waals surface area contributed by atoms with E-state index in [1.165, 1.54) is 12.8 Å². The fourth-order valence-electron chi connectivity index (χ4n) is 3.96. The first-order chi connectivity index (χ1) is 13.6. The van der Waals surface area contributed by atoms with Gasteiger partial charge in [0.05, 0.1) is 5.56 Å². The van der Waals surface area contributed by atoms with E-state index in [9.17, 15) is 15.0 Å². The minimum absolute atomic E-state index is 0.139. The summed E-state index contributed by atoms with van der Waals surface area (Å²) in [5.41, 5.74) is 2.28. The molecule has 1 saturated carbocycles. The smallest absolute Gasteiger partial charge is 0.255 e. The Morgan fingerprint density at radius 1 is 1.11 bits per heavy atom. The molecule has 4 N–H and O–H groups in total. The molecule has 3 aromatic rings. The third-order valence-electron chi connectivity index (χ3n) is 5.45. The van der Waals surface area contributed by atoms with Crippen LogP contribution in [0.25, 0.3) is 22.3 Å². The SMILES string of the molecule is CNC(=O)c1c(-c2ccc(O)cc2)oc2ccc(O)c(CNC3CCCC3)c12. The molecule has 0 aliphatic heterocycles. The van der Waals surface area contributed by atoms with Crippen LogP contribution < -0.4 is 10.6 Å². The topological polar surface area (TPSA) is 94.7 Å². The van der Waals surface area contributed by atoms with Crippen LogP contribution in [0.1, 0.15) is 41.6 Å². The average Bonchev–Trinajstić information content (AvgIpc) is 3.35. The number of furan rings is 1. The van der Waals surface area contributed by atoms with Crippen molar-refractivity contribution in [3.63, 3.8) is 0 Å². The lowest BCUT2D eigenvalue weighted by molar-refractivity contribution is 0.0964. The first-order valence-corrected chi connectivity index (χ1v) is 9.60. The molecule has 6 heteroatoms. The van der Waals surface area contributed by atoms with Crippen molar-refractivity contribution in [1.82, 2.24) is 10.6 Å². The van der Waals surface area contributed by atoms with Crippen LogP contribution in [0.2, 0.25) is 0 Å². The van der Waals surface area contributed by atoms with E-state index in [0.717, 1.165) is 12.8 Å². The van der Waals surface area contributed by atoms with Crippen molar-refractivity contribution in [1.29, 1.82) is 0 Å². The number of nitrogens with one attached hydrogen (secondary N) is 2. The van der Waals surface area contributed by atoms with Gasteiger partial charge in [0, 0.05) is 36.1 Å². The number of aromatic hydroxyl groups is 2. The molecule has 1 fully saturated rings. The quantitative estimate of drug-likeness (QED) is 0.538. The van der Waals surface area contributed by atoms with Gasteiger partial charge in [0.25, 0.3) is 5.91 Å². The van der Waals surface area contributed by atoms with Crippen molar-refractivity contribution in [2.45, 2.75) is 38.3 Å². The van der Waals surface area contributed by atoms with E-state index in [1.54, 1.807) is 43.4 Å². The number of hydrogen-bond donors (Lipinski definition) is 4. The molecule has 6 nitrogen and oxygen atoms in total. The first-order valence-electron chi connectivity index (χ1n) is 9.60. The summed E-state index contributed by atoms with van der Waals surface area (Å²) in [7, 11) is 1.57. The van der Waals surface area contributed by atoms with Gasteiger partial charge in [-0.2, -0.15) is 0 Å². The van der Waals surface area contributed by atoms with Crippen LogP contribution >= 0.6 is 0 Å². The van der Waals surface area contributed by atoms with Crippen LogP contribution in [0.3, 0.4) is 0 Å². The Labute approximate surface area is 163 Å². The highest BCUT2D eigenvalue weighted by Gasteiger charge is 2.25. The maximum Gasteiger partial charge on any atom is 0.255 e. The van der Waals surface area contributed by atoms with Crippen LogP contribution in [-0.4, -0.2) is 29.2 Å².